The third-order valence-corrected chi connectivity index (χ3v) is 4.02. The molecule has 0 aliphatic heterocycles. The number of carbonyl (C=O) groups is 1. The maximum absolute atomic E-state index is 12.0. The van der Waals surface area contributed by atoms with Gasteiger partial charge in [-0.2, -0.15) is 0 Å². The molecule has 0 unspecified atom stereocenters. The average molecular weight is 377 g/mol. The van der Waals surface area contributed by atoms with Gasteiger partial charge in [-0.3, -0.25) is 0 Å². The van der Waals surface area contributed by atoms with E-state index in [0.29, 0.717) is 29.6 Å². The summed E-state index contributed by atoms with van der Waals surface area (Å²) >= 11 is 5.94. The number of nitrogens with one attached hydrogen (secondary N) is 2. The number of amides is 2. The predicted molar refractivity (Wildman–Crippen MR) is 106 cm³/mol. The van der Waals surface area contributed by atoms with Crippen molar-refractivity contribution in [1.82, 2.24) is 5.32 Å². The zero-order valence-corrected chi connectivity index (χ0v) is 16.3. The Balaban J connectivity index is 1.78. The Hall–Kier alpha value is -2.40. The maximum atomic E-state index is 12.0. The first-order valence-electron chi connectivity index (χ1n) is 8.41. The second kappa shape index (κ2) is 8.81. The van der Waals surface area contributed by atoms with Gasteiger partial charge in [-0.05, 0) is 41.3 Å². The van der Waals surface area contributed by atoms with Gasteiger partial charge in [0.1, 0.15) is 18.1 Å². The Morgan fingerprint density at radius 2 is 1.81 bits per heavy atom. The lowest BCUT2D eigenvalue weighted by Crippen LogP contribution is -2.32. The highest BCUT2D eigenvalue weighted by Crippen LogP contribution is 2.27. The molecule has 0 saturated carbocycles. The standard InChI is InChI=1S/C20H25ClN2O3/c1-20(2,3)14-5-8-16(9-6-14)26-12-11-22-19(24)23-17-13-15(21)7-10-18(17)25-4/h5-10,13H,11-12H2,1-4H3,(H2,22,23,24). The minimum Gasteiger partial charge on any atom is -0.495 e. The fourth-order valence-corrected chi connectivity index (χ4v) is 2.50. The number of anilines is 1. The van der Waals surface area contributed by atoms with E-state index in [9.17, 15) is 4.79 Å². The zero-order chi connectivity index (χ0) is 19.2. The molecule has 0 spiro atoms. The molecule has 0 saturated heterocycles. The second-order valence-electron chi connectivity index (χ2n) is 6.85. The van der Waals surface area contributed by atoms with Crippen LogP contribution in [-0.2, 0) is 5.41 Å². The highest BCUT2D eigenvalue weighted by atomic mass is 35.5. The molecule has 0 radical (unpaired) electrons. The van der Waals surface area contributed by atoms with Crippen molar-refractivity contribution in [3.8, 4) is 11.5 Å². The summed E-state index contributed by atoms with van der Waals surface area (Å²) in [7, 11) is 1.53. The summed E-state index contributed by atoms with van der Waals surface area (Å²) in [6.45, 7) is 7.24. The zero-order valence-electron chi connectivity index (χ0n) is 15.6. The Morgan fingerprint density at radius 1 is 1.12 bits per heavy atom. The van der Waals surface area contributed by atoms with E-state index in [2.05, 4.69) is 43.5 Å². The van der Waals surface area contributed by atoms with Gasteiger partial charge < -0.3 is 20.1 Å². The fraction of sp³-hybridized carbons (Fsp3) is 0.350. The van der Waals surface area contributed by atoms with Crippen molar-refractivity contribution in [2.45, 2.75) is 26.2 Å². The molecule has 0 aliphatic carbocycles. The molecule has 2 aromatic carbocycles. The number of halogens is 1. The van der Waals surface area contributed by atoms with E-state index in [1.54, 1.807) is 18.2 Å². The summed E-state index contributed by atoms with van der Waals surface area (Å²) in [5.74, 6) is 1.32. The molecule has 0 atom stereocenters. The van der Waals surface area contributed by atoms with E-state index in [0.717, 1.165) is 5.75 Å². The van der Waals surface area contributed by atoms with E-state index in [4.69, 9.17) is 21.1 Å². The van der Waals surface area contributed by atoms with Gasteiger partial charge in [-0.25, -0.2) is 4.79 Å². The molecule has 2 rings (SSSR count). The van der Waals surface area contributed by atoms with Crippen molar-refractivity contribution in [2.75, 3.05) is 25.6 Å². The normalized spacial score (nSPS) is 11.0. The van der Waals surface area contributed by atoms with Crippen molar-refractivity contribution in [3.63, 3.8) is 0 Å². The average Bonchev–Trinajstić information content (AvgIpc) is 2.58. The van der Waals surface area contributed by atoms with Crippen LogP contribution in [0.3, 0.4) is 0 Å². The Morgan fingerprint density at radius 3 is 2.42 bits per heavy atom. The van der Waals surface area contributed by atoms with Crippen LogP contribution in [-0.4, -0.2) is 26.3 Å². The Kier molecular flexibility index (Phi) is 6.75. The molecule has 26 heavy (non-hydrogen) atoms. The van der Waals surface area contributed by atoms with Gasteiger partial charge in [0, 0.05) is 5.02 Å². The van der Waals surface area contributed by atoms with Gasteiger partial charge in [0.2, 0.25) is 0 Å². The molecule has 0 fully saturated rings. The number of ether oxygens (including phenoxy) is 2. The molecule has 6 heteroatoms. The highest BCUT2D eigenvalue weighted by Gasteiger charge is 2.13. The van der Waals surface area contributed by atoms with Crippen LogP contribution in [0.2, 0.25) is 5.02 Å². The fourth-order valence-electron chi connectivity index (χ4n) is 2.33. The topological polar surface area (TPSA) is 59.6 Å². The highest BCUT2D eigenvalue weighted by molar-refractivity contribution is 6.31. The van der Waals surface area contributed by atoms with E-state index < -0.39 is 0 Å². The van der Waals surface area contributed by atoms with Crippen molar-refractivity contribution in [2.24, 2.45) is 0 Å². The maximum Gasteiger partial charge on any atom is 0.319 e. The van der Waals surface area contributed by atoms with Crippen LogP contribution in [0.25, 0.3) is 0 Å². The predicted octanol–water partition coefficient (Wildman–Crippen LogP) is 4.85. The first-order valence-corrected chi connectivity index (χ1v) is 8.79. The van der Waals surface area contributed by atoms with Crippen LogP contribution >= 0.6 is 11.6 Å². The summed E-state index contributed by atoms with van der Waals surface area (Å²) in [5.41, 5.74) is 1.87. The second-order valence-corrected chi connectivity index (χ2v) is 7.28. The molecule has 0 bridgehead atoms. The monoisotopic (exact) mass is 376 g/mol. The molecule has 5 nitrogen and oxygen atoms in total. The first-order chi connectivity index (χ1) is 12.3. The van der Waals surface area contributed by atoms with Crippen molar-refractivity contribution >= 4 is 23.3 Å². The van der Waals surface area contributed by atoms with Crippen LogP contribution < -0.4 is 20.1 Å². The van der Waals surface area contributed by atoms with E-state index in [1.807, 2.05) is 12.1 Å². The van der Waals surface area contributed by atoms with Gasteiger partial charge >= 0.3 is 6.03 Å². The molecular formula is C20H25ClN2O3. The number of rotatable bonds is 6. The summed E-state index contributed by atoms with van der Waals surface area (Å²) in [4.78, 5) is 12.0. The molecule has 0 aromatic heterocycles. The van der Waals surface area contributed by atoms with Crippen LogP contribution in [0.15, 0.2) is 42.5 Å². The molecule has 0 heterocycles. The summed E-state index contributed by atoms with van der Waals surface area (Å²) < 4.78 is 10.8. The molecule has 140 valence electrons. The van der Waals surface area contributed by atoms with E-state index in [-0.39, 0.29) is 11.4 Å². The van der Waals surface area contributed by atoms with Crippen molar-refractivity contribution in [1.29, 1.82) is 0 Å². The smallest absolute Gasteiger partial charge is 0.319 e. The number of hydrogen-bond acceptors (Lipinski definition) is 3. The van der Waals surface area contributed by atoms with Gasteiger partial charge in [-0.15, -0.1) is 0 Å². The molecule has 2 amide bonds. The van der Waals surface area contributed by atoms with Gasteiger partial charge in [0.15, 0.2) is 0 Å². The van der Waals surface area contributed by atoms with Gasteiger partial charge in [0.25, 0.3) is 0 Å². The SMILES string of the molecule is COc1ccc(Cl)cc1NC(=O)NCCOc1ccc(C(C)(C)C)cc1. The minimum atomic E-state index is -0.350. The number of methoxy groups -OCH3 is 1. The van der Waals surface area contributed by atoms with Crippen LogP contribution in [0.4, 0.5) is 10.5 Å². The largest absolute Gasteiger partial charge is 0.495 e. The lowest BCUT2D eigenvalue weighted by Gasteiger charge is -2.19. The number of carbonyl (C=O) groups excluding carboxylic acids is 1. The molecule has 2 aromatic rings. The third kappa shape index (κ3) is 5.85. The minimum absolute atomic E-state index is 0.111. The number of benzene rings is 2. The molecule has 2 N–H and O–H groups in total. The summed E-state index contributed by atoms with van der Waals surface area (Å²) in [6, 6.07) is 12.7. The van der Waals surface area contributed by atoms with Crippen LogP contribution in [0.1, 0.15) is 26.3 Å². The quantitative estimate of drug-likeness (QED) is 0.708. The molecule has 0 aliphatic rings. The van der Waals surface area contributed by atoms with Crippen molar-refractivity contribution in [3.05, 3.63) is 53.1 Å². The lowest BCUT2D eigenvalue weighted by molar-refractivity contribution is 0.247. The van der Waals surface area contributed by atoms with Crippen LogP contribution in [0.5, 0.6) is 11.5 Å². The van der Waals surface area contributed by atoms with Crippen LogP contribution in [0, 0.1) is 0 Å². The number of urea groups is 1. The summed E-state index contributed by atoms with van der Waals surface area (Å²) in [5, 5.41) is 5.96. The lowest BCUT2D eigenvalue weighted by atomic mass is 9.87. The summed E-state index contributed by atoms with van der Waals surface area (Å²) in [6.07, 6.45) is 0. The Labute approximate surface area is 159 Å². The van der Waals surface area contributed by atoms with E-state index >= 15 is 0 Å². The van der Waals surface area contributed by atoms with Crippen molar-refractivity contribution < 1.29 is 14.3 Å². The third-order valence-electron chi connectivity index (χ3n) is 3.79. The van der Waals surface area contributed by atoms with E-state index in [1.165, 1.54) is 12.7 Å². The van der Waals surface area contributed by atoms with Gasteiger partial charge in [0.05, 0.1) is 19.3 Å². The first kappa shape index (κ1) is 19.9. The van der Waals surface area contributed by atoms with Gasteiger partial charge in [-0.1, -0.05) is 44.5 Å². The molecular weight excluding hydrogens is 352 g/mol. The Bertz CT molecular complexity index is 740. The number of hydrogen-bond donors (Lipinski definition) is 2.